The summed E-state index contributed by atoms with van der Waals surface area (Å²) < 4.78 is 4.66. The van der Waals surface area contributed by atoms with Crippen LogP contribution in [0.2, 0.25) is 0 Å². The van der Waals surface area contributed by atoms with E-state index in [9.17, 15) is 9.59 Å². The monoisotopic (exact) mass is 255 g/mol. The maximum atomic E-state index is 11.9. The number of carbonyl (C=O) groups is 2. The standard InChI is InChI=1S/C12H21N3O3/c1-15-8(3-4-10(16)18-2)7-14-12(17)11-9(15)5-6-13-11/h8-9,11,13H,3-7H2,1-2H3,(H,14,17)/t8-,9+,11-/m0/s1. The van der Waals surface area contributed by atoms with Gasteiger partial charge in [0.05, 0.1) is 7.11 Å². The molecule has 102 valence electrons. The average molecular weight is 255 g/mol. The van der Waals surface area contributed by atoms with Gasteiger partial charge in [-0.05, 0) is 26.4 Å². The van der Waals surface area contributed by atoms with E-state index in [1.807, 2.05) is 7.05 Å². The third-order valence-electron chi connectivity index (χ3n) is 3.99. The number of amides is 1. The molecule has 6 nitrogen and oxygen atoms in total. The average Bonchev–Trinajstić information content (AvgIpc) is 2.82. The largest absolute Gasteiger partial charge is 0.469 e. The van der Waals surface area contributed by atoms with Crippen LogP contribution in [0.25, 0.3) is 0 Å². The number of nitrogens with zero attached hydrogens (tertiary/aromatic N) is 1. The highest BCUT2D eigenvalue weighted by Crippen LogP contribution is 2.21. The summed E-state index contributed by atoms with van der Waals surface area (Å²) in [6.07, 6.45) is 2.09. The predicted molar refractivity (Wildman–Crippen MR) is 66.0 cm³/mol. The highest BCUT2D eigenvalue weighted by molar-refractivity contribution is 5.83. The minimum atomic E-state index is -0.194. The van der Waals surface area contributed by atoms with Gasteiger partial charge in [-0.25, -0.2) is 0 Å². The first kappa shape index (κ1) is 13.3. The second-order valence-corrected chi connectivity index (χ2v) is 4.97. The third-order valence-corrected chi connectivity index (χ3v) is 3.99. The van der Waals surface area contributed by atoms with Crippen LogP contribution in [0.5, 0.6) is 0 Å². The normalized spacial score (nSPS) is 32.6. The minimum absolute atomic E-state index is 0.0740. The van der Waals surface area contributed by atoms with E-state index < -0.39 is 0 Å². The van der Waals surface area contributed by atoms with E-state index in [1.54, 1.807) is 0 Å². The molecule has 3 atom stereocenters. The van der Waals surface area contributed by atoms with Gasteiger partial charge in [0.1, 0.15) is 6.04 Å². The Morgan fingerprint density at radius 1 is 1.56 bits per heavy atom. The molecule has 0 aromatic rings. The van der Waals surface area contributed by atoms with Gasteiger partial charge in [0.2, 0.25) is 5.91 Å². The van der Waals surface area contributed by atoms with Crippen molar-refractivity contribution in [2.24, 2.45) is 0 Å². The van der Waals surface area contributed by atoms with Crippen molar-refractivity contribution in [3.63, 3.8) is 0 Å². The van der Waals surface area contributed by atoms with Crippen LogP contribution in [-0.2, 0) is 14.3 Å². The van der Waals surface area contributed by atoms with Gasteiger partial charge in [-0.15, -0.1) is 0 Å². The lowest BCUT2D eigenvalue weighted by Gasteiger charge is -2.31. The fraction of sp³-hybridized carbons (Fsp3) is 0.833. The summed E-state index contributed by atoms with van der Waals surface area (Å²) in [7, 11) is 3.44. The second kappa shape index (κ2) is 5.67. The number of fused-ring (bicyclic) bond motifs is 1. The predicted octanol–water partition coefficient (Wildman–Crippen LogP) is -0.900. The van der Waals surface area contributed by atoms with Gasteiger partial charge >= 0.3 is 5.97 Å². The summed E-state index contributed by atoms with van der Waals surface area (Å²) in [5, 5.41) is 6.17. The van der Waals surface area contributed by atoms with E-state index in [2.05, 4.69) is 20.3 Å². The number of hydrogen-bond acceptors (Lipinski definition) is 5. The van der Waals surface area contributed by atoms with Crippen LogP contribution < -0.4 is 10.6 Å². The topological polar surface area (TPSA) is 70.7 Å². The molecule has 1 amide bonds. The number of rotatable bonds is 3. The molecule has 0 bridgehead atoms. The molecule has 2 N–H and O–H groups in total. The van der Waals surface area contributed by atoms with Gasteiger partial charge in [-0.1, -0.05) is 0 Å². The fourth-order valence-corrected chi connectivity index (χ4v) is 2.83. The molecule has 0 unspecified atom stereocenters. The molecule has 2 fully saturated rings. The zero-order valence-corrected chi connectivity index (χ0v) is 10.9. The van der Waals surface area contributed by atoms with E-state index in [-0.39, 0.29) is 30.0 Å². The Bertz CT molecular complexity index is 335. The molecule has 2 heterocycles. The first-order chi connectivity index (χ1) is 8.63. The molecule has 0 aliphatic carbocycles. The summed E-state index contributed by atoms with van der Waals surface area (Å²) in [5.41, 5.74) is 0. The van der Waals surface area contributed by atoms with Crippen LogP contribution in [0.15, 0.2) is 0 Å². The molecule has 0 aromatic heterocycles. The minimum Gasteiger partial charge on any atom is -0.469 e. The SMILES string of the molecule is COC(=O)CC[C@H]1CNC(=O)[C@H]2NCC[C@H]2N1C. The van der Waals surface area contributed by atoms with Gasteiger partial charge in [-0.2, -0.15) is 0 Å². The van der Waals surface area contributed by atoms with Crippen molar-refractivity contribution in [2.75, 3.05) is 27.2 Å². The van der Waals surface area contributed by atoms with Gasteiger partial charge in [-0.3, -0.25) is 14.5 Å². The third kappa shape index (κ3) is 2.64. The fourth-order valence-electron chi connectivity index (χ4n) is 2.83. The highest BCUT2D eigenvalue weighted by Gasteiger charge is 2.40. The molecular formula is C12H21N3O3. The van der Waals surface area contributed by atoms with Crippen molar-refractivity contribution in [3.8, 4) is 0 Å². The summed E-state index contributed by atoms with van der Waals surface area (Å²) >= 11 is 0. The Balaban J connectivity index is 1.98. The van der Waals surface area contributed by atoms with Crippen molar-refractivity contribution in [3.05, 3.63) is 0 Å². The van der Waals surface area contributed by atoms with Crippen molar-refractivity contribution in [2.45, 2.75) is 37.4 Å². The summed E-state index contributed by atoms with van der Waals surface area (Å²) in [5.74, 6) is -0.120. The highest BCUT2D eigenvalue weighted by atomic mass is 16.5. The van der Waals surface area contributed by atoms with E-state index in [0.29, 0.717) is 19.4 Å². The lowest BCUT2D eigenvalue weighted by molar-refractivity contribution is -0.141. The number of carbonyl (C=O) groups excluding carboxylic acids is 2. The zero-order valence-electron chi connectivity index (χ0n) is 10.9. The van der Waals surface area contributed by atoms with Crippen LogP contribution in [0.1, 0.15) is 19.3 Å². The van der Waals surface area contributed by atoms with Crippen LogP contribution >= 0.6 is 0 Å². The van der Waals surface area contributed by atoms with Crippen LogP contribution in [-0.4, -0.2) is 62.1 Å². The zero-order chi connectivity index (χ0) is 13.1. The van der Waals surface area contributed by atoms with E-state index in [1.165, 1.54) is 7.11 Å². The van der Waals surface area contributed by atoms with Gasteiger partial charge < -0.3 is 15.4 Å². The molecule has 6 heteroatoms. The Hall–Kier alpha value is -1.14. The Morgan fingerprint density at radius 2 is 2.33 bits per heavy atom. The lowest BCUT2D eigenvalue weighted by Crippen LogP contribution is -2.48. The molecule has 0 saturated carbocycles. The molecule has 2 rings (SSSR count). The van der Waals surface area contributed by atoms with Crippen LogP contribution in [0, 0.1) is 0 Å². The number of nitrogens with one attached hydrogen (secondary N) is 2. The summed E-state index contributed by atoms with van der Waals surface area (Å²) in [4.78, 5) is 25.3. The van der Waals surface area contributed by atoms with Crippen molar-refractivity contribution in [1.29, 1.82) is 0 Å². The van der Waals surface area contributed by atoms with Gasteiger partial charge in [0.25, 0.3) is 0 Å². The van der Waals surface area contributed by atoms with Gasteiger partial charge in [0, 0.05) is 25.0 Å². The number of esters is 1. The second-order valence-electron chi connectivity index (χ2n) is 4.97. The molecule has 2 aliphatic heterocycles. The molecule has 2 saturated heterocycles. The van der Waals surface area contributed by atoms with Crippen molar-refractivity contribution in [1.82, 2.24) is 15.5 Å². The van der Waals surface area contributed by atoms with Crippen LogP contribution in [0.4, 0.5) is 0 Å². The molecule has 0 aromatic carbocycles. The number of ether oxygens (including phenoxy) is 1. The Morgan fingerprint density at radius 3 is 3.06 bits per heavy atom. The molecular weight excluding hydrogens is 234 g/mol. The lowest BCUT2D eigenvalue weighted by atomic mass is 10.0. The van der Waals surface area contributed by atoms with Crippen molar-refractivity contribution >= 4 is 11.9 Å². The van der Waals surface area contributed by atoms with Gasteiger partial charge in [0.15, 0.2) is 0 Å². The number of methoxy groups -OCH3 is 1. The molecule has 18 heavy (non-hydrogen) atoms. The maximum absolute atomic E-state index is 11.9. The Kier molecular flexibility index (Phi) is 4.19. The van der Waals surface area contributed by atoms with E-state index >= 15 is 0 Å². The summed E-state index contributed by atoms with van der Waals surface area (Å²) in [6.45, 7) is 1.47. The Labute approximate surface area is 107 Å². The number of likely N-dealkylation sites (N-methyl/N-ethyl adjacent to an activating group) is 1. The smallest absolute Gasteiger partial charge is 0.305 e. The molecule has 0 radical (unpaired) electrons. The number of hydrogen-bond donors (Lipinski definition) is 2. The first-order valence-corrected chi connectivity index (χ1v) is 6.43. The van der Waals surface area contributed by atoms with Crippen molar-refractivity contribution < 1.29 is 14.3 Å². The quantitative estimate of drug-likeness (QED) is 0.640. The van der Waals surface area contributed by atoms with E-state index in [0.717, 1.165) is 13.0 Å². The molecule has 0 spiro atoms. The molecule has 2 aliphatic rings. The summed E-state index contributed by atoms with van der Waals surface area (Å²) in [6, 6.07) is 0.316. The maximum Gasteiger partial charge on any atom is 0.305 e. The van der Waals surface area contributed by atoms with Crippen LogP contribution in [0.3, 0.4) is 0 Å². The van der Waals surface area contributed by atoms with E-state index in [4.69, 9.17) is 0 Å². The first-order valence-electron chi connectivity index (χ1n) is 6.43.